The Balaban J connectivity index is 2.68. The highest BCUT2D eigenvalue weighted by Gasteiger charge is 2.45. The molecule has 1 fully saturated rings. The maximum absolute atomic E-state index is 5.99. The molecule has 1 heterocycles. The van der Waals surface area contributed by atoms with Crippen molar-refractivity contribution in [2.45, 2.75) is 96.4 Å². The van der Waals surface area contributed by atoms with Gasteiger partial charge in [-0.2, -0.15) is 0 Å². The van der Waals surface area contributed by atoms with Gasteiger partial charge in [0.1, 0.15) is 0 Å². The summed E-state index contributed by atoms with van der Waals surface area (Å²) in [6, 6.07) is 0. The van der Waals surface area contributed by atoms with Gasteiger partial charge in [0.2, 0.25) is 0 Å². The predicted molar refractivity (Wildman–Crippen MR) is 102 cm³/mol. The first-order valence-corrected chi connectivity index (χ1v) is 10.7. The van der Waals surface area contributed by atoms with Crippen molar-refractivity contribution in [1.82, 2.24) is 0 Å². The fourth-order valence-corrected chi connectivity index (χ4v) is 6.21. The van der Waals surface area contributed by atoms with E-state index in [0.29, 0.717) is 6.10 Å². The first kappa shape index (κ1) is 20.7. The summed E-state index contributed by atoms with van der Waals surface area (Å²) in [6.07, 6.45) is 2.81. The number of epoxide rings is 1. The Hall–Kier alpha value is 0.620. The van der Waals surface area contributed by atoms with Crippen molar-refractivity contribution in [1.29, 1.82) is 0 Å². The van der Waals surface area contributed by atoms with Crippen molar-refractivity contribution in [2.75, 3.05) is 13.2 Å². The fraction of sp³-hybridized carbons (Fsp3) is 1.00. The van der Waals surface area contributed by atoms with Crippen LogP contribution in [0.25, 0.3) is 0 Å². The third-order valence-electron chi connectivity index (χ3n) is 5.19. The van der Waals surface area contributed by atoms with Gasteiger partial charge in [-0.05, 0) is 59.8 Å². The molecule has 0 N–H and O–H groups in total. The number of hydrogen-bond acceptors (Lipinski definition) is 4. The van der Waals surface area contributed by atoms with Crippen molar-refractivity contribution < 1.29 is 9.47 Å². The summed E-state index contributed by atoms with van der Waals surface area (Å²) >= 11 is 0. The smallest absolute Gasteiger partial charge is 0.0861 e. The second-order valence-corrected chi connectivity index (χ2v) is 11.8. The second-order valence-electron chi connectivity index (χ2n) is 8.41. The maximum Gasteiger partial charge on any atom is 0.0861 e. The molecular weight excluding hydrogens is 312 g/mol. The van der Waals surface area contributed by atoms with Gasteiger partial charge in [-0.25, -0.2) is 0 Å². The van der Waals surface area contributed by atoms with Crippen LogP contribution in [0.1, 0.15) is 75.2 Å². The van der Waals surface area contributed by atoms with Crippen LogP contribution in [-0.2, 0) is 9.47 Å². The first-order chi connectivity index (χ1) is 9.89. The lowest BCUT2D eigenvalue weighted by Crippen LogP contribution is -2.45. The van der Waals surface area contributed by atoms with Crippen molar-refractivity contribution >= 4 is 21.6 Å². The van der Waals surface area contributed by atoms with Crippen LogP contribution < -0.4 is 0 Å². The Labute approximate surface area is 146 Å². The zero-order valence-electron chi connectivity index (χ0n) is 16.0. The van der Waals surface area contributed by atoms with E-state index in [4.69, 9.17) is 9.47 Å². The molecule has 132 valence electrons. The Morgan fingerprint density at radius 3 is 1.95 bits per heavy atom. The lowest BCUT2D eigenvalue weighted by molar-refractivity contribution is -0.0310. The molecule has 0 saturated carbocycles. The van der Waals surface area contributed by atoms with Crippen molar-refractivity contribution in [2.24, 2.45) is 5.41 Å². The van der Waals surface area contributed by atoms with Gasteiger partial charge in [-0.15, -0.1) is 0 Å². The molecule has 2 unspecified atom stereocenters. The average Bonchev–Trinajstić information content (AvgIpc) is 3.20. The largest absolute Gasteiger partial charge is 0.374 e. The summed E-state index contributed by atoms with van der Waals surface area (Å²) in [5.74, 6) is 0. The maximum atomic E-state index is 5.99. The topological polar surface area (TPSA) is 21.8 Å². The molecule has 2 nitrogen and oxygen atoms in total. The highest BCUT2D eigenvalue weighted by atomic mass is 33.1. The van der Waals surface area contributed by atoms with Crippen molar-refractivity contribution in [3.8, 4) is 0 Å². The molecule has 0 aromatic carbocycles. The second kappa shape index (κ2) is 7.25. The zero-order chi connectivity index (χ0) is 17.2. The minimum atomic E-state index is -0.136. The van der Waals surface area contributed by atoms with Crippen LogP contribution in [0.2, 0.25) is 0 Å². The van der Waals surface area contributed by atoms with Gasteiger partial charge in [0.15, 0.2) is 0 Å². The van der Waals surface area contributed by atoms with E-state index < -0.39 is 0 Å². The quantitative estimate of drug-likeness (QED) is 0.359. The van der Waals surface area contributed by atoms with E-state index in [1.807, 2.05) is 21.6 Å². The van der Waals surface area contributed by atoms with Crippen LogP contribution in [-0.4, -0.2) is 34.4 Å². The molecule has 0 aromatic heterocycles. The van der Waals surface area contributed by atoms with Crippen LogP contribution in [0.15, 0.2) is 0 Å². The third kappa shape index (κ3) is 5.32. The monoisotopic (exact) mass is 348 g/mol. The van der Waals surface area contributed by atoms with Gasteiger partial charge in [-0.3, -0.25) is 0 Å². The Morgan fingerprint density at radius 1 is 1.00 bits per heavy atom. The highest BCUT2D eigenvalue weighted by Crippen LogP contribution is 2.54. The number of ether oxygens (including phenoxy) is 2. The minimum absolute atomic E-state index is 0.0599. The summed E-state index contributed by atoms with van der Waals surface area (Å²) in [5, 5.41) is 0. The summed E-state index contributed by atoms with van der Waals surface area (Å²) < 4.78 is 11.9. The molecule has 0 spiro atoms. The summed E-state index contributed by atoms with van der Waals surface area (Å²) in [6.45, 7) is 22.2. The fourth-order valence-electron chi connectivity index (χ4n) is 2.63. The van der Waals surface area contributed by atoms with Crippen LogP contribution in [0.4, 0.5) is 0 Å². The van der Waals surface area contributed by atoms with Crippen molar-refractivity contribution in [3.63, 3.8) is 0 Å². The van der Waals surface area contributed by atoms with E-state index in [0.717, 1.165) is 13.2 Å². The van der Waals surface area contributed by atoms with E-state index in [2.05, 4.69) is 62.3 Å². The van der Waals surface area contributed by atoms with E-state index in [1.54, 1.807) is 0 Å². The SMILES string of the molecule is CCOC(C)(C)C(C)(C)SSC(C)(CC)CC(C)(C)C1CO1. The molecule has 4 heteroatoms. The molecule has 1 aliphatic rings. The van der Waals surface area contributed by atoms with E-state index >= 15 is 0 Å². The number of hydrogen-bond donors (Lipinski definition) is 0. The summed E-state index contributed by atoms with van der Waals surface area (Å²) in [5.41, 5.74) is 0.126. The summed E-state index contributed by atoms with van der Waals surface area (Å²) in [7, 11) is 4.02. The average molecular weight is 349 g/mol. The molecular formula is C18H36O2S2. The molecule has 22 heavy (non-hydrogen) atoms. The Kier molecular flexibility index (Phi) is 6.81. The molecule has 1 rings (SSSR count). The standard InChI is InChI=1S/C18H36O2S2/c1-10-18(9,13-15(3,4)14-12-19-14)22-21-17(7,8)16(5,6)20-11-2/h14H,10-13H2,1-9H3. The first-order valence-electron chi connectivity index (χ1n) is 8.51. The Bertz CT molecular complexity index is 362. The number of rotatable bonds is 10. The van der Waals surface area contributed by atoms with Gasteiger partial charge in [0.25, 0.3) is 0 Å². The lowest BCUT2D eigenvalue weighted by Gasteiger charge is -2.43. The Morgan fingerprint density at radius 2 is 1.55 bits per heavy atom. The molecule has 2 atom stereocenters. The minimum Gasteiger partial charge on any atom is -0.374 e. The molecule has 0 aromatic rings. The van der Waals surface area contributed by atoms with Crippen molar-refractivity contribution in [3.05, 3.63) is 0 Å². The van der Waals surface area contributed by atoms with E-state index in [-0.39, 0.29) is 20.5 Å². The van der Waals surface area contributed by atoms with Gasteiger partial charge in [-0.1, -0.05) is 42.4 Å². The molecule has 0 aliphatic carbocycles. The van der Waals surface area contributed by atoms with E-state index in [9.17, 15) is 0 Å². The molecule has 0 amide bonds. The zero-order valence-corrected chi connectivity index (χ0v) is 17.7. The van der Waals surface area contributed by atoms with Crippen LogP contribution in [0, 0.1) is 5.41 Å². The van der Waals surface area contributed by atoms with Crippen LogP contribution >= 0.6 is 21.6 Å². The normalized spacial score (nSPS) is 22.5. The predicted octanol–water partition coefficient (Wildman–Crippen LogP) is 5.95. The van der Waals surface area contributed by atoms with Gasteiger partial charge >= 0.3 is 0 Å². The molecule has 1 saturated heterocycles. The van der Waals surface area contributed by atoms with Crippen LogP contribution in [0.3, 0.4) is 0 Å². The van der Waals surface area contributed by atoms with E-state index in [1.165, 1.54) is 12.8 Å². The van der Waals surface area contributed by atoms with Gasteiger partial charge in [0.05, 0.1) is 18.3 Å². The molecule has 0 radical (unpaired) electrons. The lowest BCUT2D eigenvalue weighted by atomic mass is 9.79. The third-order valence-corrected chi connectivity index (χ3v) is 9.72. The summed E-state index contributed by atoms with van der Waals surface area (Å²) in [4.78, 5) is 0. The molecule has 1 aliphatic heterocycles. The van der Waals surface area contributed by atoms with Gasteiger partial charge < -0.3 is 9.47 Å². The highest BCUT2D eigenvalue weighted by molar-refractivity contribution is 8.77. The molecule has 0 bridgehead atoms. The van der Waals surface area contributed by atoms with Gasteiger partial charge in [0, 0.05) is 16.1 Å². The van der Waals surface area contributed by atoms with Crippen LogP contribution in [0.5, 0.6) is 0 Å².